The second-order valence-electron chi connectivity index (χ2n) is 3.27. The summed E-state index contributed by atoms with van der Waals surface area (Å²) in [6.45, 7) is 0. The molecule has 3 aromatic rings. The summed E-state index contributed by atoms with van der Waals surface area (Å²) in [5.74, 6) is 0.756. The number of aromatic nitrogens is 3. The third-order valence-electron chi connectivity index (χ3n) is 2.37. The molecule has 0 saturated heterocycles. The molecule has 1 N–H and O–H groups in total. The van der Waals surface area contributed by atoms with Gasteiger partial charge < -0.3 is 0 Å². The number of aromatic amines is 1. The molecular formula is C12H8N3. The van der Waals surface area contributed by atoms with Crippen LogP contribution in [0.3, 0.4) is 0 Å². The Labute approximate surface area is 86.8 Å². The van der Waals surface area contributed by atoms with E-state index in [0.717, 1.165) is 16.8 Å². The van der Waals surface area contributed by atoms with E-state index in [2.05, 4.69) is 33.4 Å². The van der Waals surface area contributed by atoms with Crippen LogP contribution in [-0.2, 0) is 0 Å². The van der Waals surface area contributed by atoms with Crippen molar-refractivity contribution < 1.29 is 0 Å². The highest BCUT2D eigenvalue weighted by molar-refractivity contribution is 5.94. The summed E-state index contributed by atoms with van der Waals surface area (Å²) in [5, 5.41) is 9.02. The van der Waals surface area contributed by atoms with E-state index in [-0.39, 0.29) is 0 Å². The normalized spacial score (nSPS) is 10.7. The van der Waals surface area contributed by atoms with Gasteiger partial charge in [-0.25, -0.2) is 4.98 Å². The highest BCUT2D eigenvalue weighted by Gasteiger charge is 2.04. The third kappa shape index (κ3) is 1.29. The number of hydrogen-bond acceptors (Lipinski definition) is 2. The van der Waals surface area contributed by atoms with E-state index in [1.807, 2.05) is 24.3 Å². The average molecular weight is 194 g/mol. The summed E-state index contributed by atoms with van der Waals surface area (Å²) in [4.78, 5) is 4.14. The topological polar surface area (TPSA) is 41.6 Å². The summed E-state index contributed by atoms with van der Waals surface area (Å²) < 4.78 is 0. The number of benzene rings is 2. The summed E-state index contributed by atoms with van der Waals surface area (Å²) in [5.41, 5.74) is 0.964. The van der Waals surface area contributed by atoms with Gasteiger partial charge in [0.1, 0.15) is 6.33 Å². The van der Waals surface area contributed by atoms with E-state index in [9.17, 15) is 0 Å². The van der Waals surface area contributed by atoms with E-state index in [1.165, 1.54) is 11.7 Å². The summed E-state index contributed by atoms with van der Waals surface area (Å²) in [7, 11) is 0. The Kier molecular flexibility index (Phi) is 1.75. The quantitative estimate of drug-likeness (QED) is 0.646. The highest BCUT2D eigenvalue weighted by atomic mass is 15.2. The van der Waals surface area contributed by atoms with Gasteiger partial charge in [-0.05, 0) is 16.8 Å². The van der Waals surface area contributed by atoms with Gasteiger partial charge in [0.15, 0.2) is 5.82 Å². The lowest BCUT2D eigenvalue weighted by Crippen LogP contribution is -1.83. The Hall–Kier alpha value is -2.16. The first-order valence-electron chi connectivity index (χ1n) is 4.70. The van der Waals surface area contributed by atoms with Gasteiger partial charge in [0.2, 0.25) is 0 Å². The first-order chi connectivity index (χ1) is 7.45. The summed E-state index contributed by atoms with van der Waals surface area (Å²) in [6.07, 6.45) is 1.50. The Morgan fingerprint density at radius 1 is 1.13 bits per heavy atom. The second kappa shape index (κ2) is 3.20. The molecule has 1 radical (unpaired) electrons. The number of nitrogens with zero attached hydrogens (tertiary/aromatic N) is 2. The molecule has 3 nitrogen and oxygen atoms in total. The molecule has 0 fully saturated rings. The van der Waals surface area contributed by atoms with E-state index in [1.54, 1.807) is 0 Å². The van der Waals surface area contributed by atoms with Gasteiger partial charge in [-0.1, -0.05) is 36.4 Å². The number of rotatable bonds is 1. The standard InChI is InChI=1S/C12H8N3/c1-2-6-10-9(4-1)5-3-7-11(10)12-13-8-14-15-12/h1-6,8H,(H,13,14,15). The molecular weight excluding hydrogens is 186 g/mol. The van der Waals surface area contributed by atoms with Crippen molar-refractivity contribution in [2.45, 2.75) is 0 Å². The SMILES string of the molecule is [c]1ccc2ccccc2c1-c1ncn[nH]1. The number of H-pyrrole nitrogens is 1. The molecule has 2 aromatic carbocycles. The van der Waals surface area contributed by atoms with E-state index in [4.69, 9.17) is 0 Å². The Morgan fingerprint density at radius 3 is 2.93 bits per heavy atom. The zero-order valence-electron chi connectivity index (χ0n) is 7.94. The molecule has 0 aliphatic carbocycles. The molecule has 71 valence electrons. The average Bonchev–Trinajstić information content (AvgIpc) is 2.82. The van der Waals surface area contributed by atoms with Crippen molar-refractivity contribution in [2.24, 2.45) is 0 Å². The zero-order valence-corrected chi connectivity index (χ0v) is 7.94. The molecule has 15 heavy (non-hydrogen) atoms. The zero-order chi connectivity index (χ0) is 10.1. The van der Waals surface area contributed by atoms with Crippen molar-refractivity contribution >= 4 is 10.8 Å². The van der Waals surface area contributed by atoms with Crippen molar-refractivity contribution in [2.75, 3.05) is 0 Å². The minimum absolute atomic E-state index is 0.756. The van der Waals surface area contributed by atoms with Gasteiger partial charge >= 0.3 is 0 Å². The lowest BCUT2D eigenvalue weighted by molar-refractivity contribution is 1.10. The maximum absolute atomic E-state index is 4.14. The predicted octanol–water partition coefficient (Wildman–Crippen LogP) is 2.43. The van der Waals surface area contributed by atoms with Gasteiger partial charge in [-0.2, -0.15) is 5.10 Å². The van der Waals surface area contributed by atoms with Crippen molar-refractivity contribution in [3.63, 3.8) is 0 Å². The molecule has 1 aromatic heterocycles. The molecule has 1 heterocycles. The van der Waals surface area contributed by atoms with Crippen LogP contribution in [0.5, 0.6) is 0 Å². The second-order valence-corrected chi connectivity index (χ2v) is 3.27. The van der Waals surface area contributed by atoms with Gasteiger partial charge in [0, 0.05) is 5.56 Å². The lowest BCUT2D eigenvalue weighted by atomic mass is 10.0. The van der Waals surface area contributed by atoms with E-state index >= 15 is 0 Å². The number of fused-ring (bicyclic) bond motifs is 1. The highest BCUT2D eigenvalue weighted by Crippen LogP contribution is 2.24. The van der Waals surface area contributed by atoms with Crippen LogP contribution < -0.4 is 0 Å². The van der Waals surface area contributed by atoms with Crippen LogP contribution in [-0.4, -0.2) is 15.2 Å². The molecule has 0 bridgehead atoms. The molecule has 0 spiro atoms. The van der Waals surface area contributed by atoms with Gasteiger partial charge in [0.05, 0.1) is 0 Å². The largest absolute Gasteiger partial charge is 0.259 e. The van der Waals surface area contributed by atoms with Crippen LogP contribution in [0.1, 0.15) is 0 Å². The van der Waals surface area contributed by atoms with Crippen LogP contribution >= 0.6 is 0 Å². The molecule has 3 heteroatoms. The number of nitrogens with one attached hydrogen (secondary N) is 1. The maximum Gasteiger partial charge on any atom is 0.156 e. The van der Waals surface area contributed by atoms with Crippen LogP contribution in [0, 0.1) is 6.07 Å². The van der Waals surface area contributed by atoms with E-state index < -0.39 is 0 Å². The molecule has 0 atom stereocenters. The van der Waals surface area contributed by atoms with Crippen molar-refractivity contribution in [3.05, 3.63) is 48.8 Å². The molecule has 0 amide bonds. The number of hydrogen-bond donors (Lipinski definition) is 1. The molecule has 0 saturated carbocycles. The Morgan fingerprint density at radius 2 is 2.07 bits per heavy atom. The minimum atomic E-state index is 0.756. The smallest absolute Gasteiger partial charge is 0.156 e. The fourth-order valence-corrected chi connectivity index (χ4v) is 1.68. The van der Waals surface area contributed by atoms with Crippen molar-refractivity contribution in [3.8, 4) is 11.4 Å². The monoisotopic (exact) mass is 194 g/mol. The van der Waals surface area contributed by atoms with Gasteiger partial charge in [0.25, 0.3) is 0 Å². The van der Waals surface area contributed by atoms with Crippen LogP contribution in [0.15, 0.2) is 42.7 Å². The first-order valence-corrected chi connectivity index (χ1v) is 4.70. The maximum atomic E-state index is 4.14. The first kappa shape index (κ1) is 8.17. The van der Waals surface area contributed by atoms with Crippen molar-refractivity contribution in [1.82, 2.24) is 15.2 Å². The molecule has 0 aliphatic heterocycles. The Balaban J connectivity index is 2.36. The summed E-state index contributed by atoms with van der Waals surface area (Å²) >= 11 is 0. The van der Waals surface area contributed by atoms with Crippen molar-refractivity contribution in [1.29, 1.82) is 0 Å². The van der Waals surface area contributed by atoms with E-state index in [0.29, 0.717) is 0 Å². The summed E-state index contributed by atoms with van der Waals surface area (Å²) in [6, 6.07) is 15.3. The van der Waals surface area contributed by atoms with Gasteiger partial charge in [-0.3, -0.25) is 5.10 Å². The molecule has 3 rings (SSSR count). The van der Waals surface area contributed by atoms with Crippen LogP contribution in [0.4, 0.5) is 0 Å². The fraction of sp³-hybridized carbons (Fsp3) is 0. The fourth-order valence-electron chi connectivity index (χ4n) is 1.68. The predicted molar refractivity (Wildman–Crippen MR) is 58.2 cm³/mol. The molecule has 0 unspecified atom stereocenters. The van der Waals surface area contributed by atoms with Crippen LogP contribution in [0.2, 0.25) is 0 Å². The minimum Gasteiger partial charge on any atom is -0.259 e. The Bertz CT molecular complexity index is 579. The third-order valence-corrected chi connectivity index (χ3v) is 2.37. The lowest BCUT2D eigenvalue weighted by Gasteiger charge is -2.01. The van der Waals surface area contributed by atoms with Crippen LogP contribution in [0.25, 0.3) is 22.2 Å². The van der Waals surface area contributed by atoms with Gasteiger partial charge in [-0.15, -0.1) is 0 Å². The molecule has 0 aliphatic rings.